The van der Waals surface area contributed by atoms with Crippen molar-refractivity contribution in [3.05, 3.63) is 62.4 Å². The summed E-state index contributed by atoms with van der Waals surface area (Å²) in [5.74, 6) is -1.55. The molecular formula is C21H18Cl2N2O5S. The van der Waals surface area contributed by atoms with Crippen LogP contribution in [-0.4, -0.2) is 35.6 Å². The lowest BCUT2D eigenvalue weighted by atomic mass is 10.2. The minimum atomic E-state index is -0.609. The van der Waals surface area contributed by atoms with E-state index in [9.17, 15) is 14.4 Å². The summed E-state index contributed by atoms with van der Waals surface area (Å²) in [6.45, 7) is 3.74. The van der Waals surface area contributed by atoms with Crippen molar-refractivity contribution in [3.63, 3.8) is 0 Å². The van der Waals surface area contributed by atoms with E-state index in [0.29, 0.717) is 20.8 Å². The van der Waals surface area contributed by atoms with Gasteiger partial charge in [0.15, 0.2) is 4.80 Å². The normalized spacial score (nSPS) is 11.5. The lowest BCUT2D eigenvalue weighted by Gasteiger charge is -2.06. The first kappa shape index (κ1) is 23.0. The Labute approximate surface area is 191 Å². The molecule has 1 aromatic heterocycles. The number of ether oxygens (including phenoxy) is 2. The molecule has 0 atom stereocenters. The summed E-state index contributed by atoms with van der Waals surface area (Å²) in [6, 6.07) is 9.40. The predicted molar refractivity (Wildman–Crippen MR) is 119 cm³/mol. The second-order valence-electron chi connectivity index (χ2n) is 6.22. The van der Waals surface area contributed by atoms with Gasteiger partial charge in [-0.2, -0.15) is 4.99 Å². The monoisotopic (exact) mass is 480 g/mol. The van der Waals surface area contributed by atoms with Crippen LogP contribution in [0.25, 0.3) is 10.2 Å². The molecule has 7 nitrogen and oxygen atoms in total. The Morgan fingerprint density at radius 2 is 1.77 bits per heavy atom. The molecular weight excluding hydrogens is 463 g/mol. The third kappa shape index (κ3) is 5.33. The van der Waals surface area contributed by atoms with Gasteiger partial charge in [0.1, 0.15) is 6.54 Å². The molecule has 162 valence electrons. The maximum absolute atomic E-state index is 12.8. The van der Waals surface area contributed by atoms with E-state index in [1.54, 1.807) is 42.7 Å². The van der Waals surface area contributed by atoms with Gasteiger partial charge in [0.25, 0.3) is 5.91 Å². The standard InChI is InChI=1S/C21H18Cl2N2O5S/c1-3-29-18(26)11-25-16-8-5-12(20(28)30-4-2)9-17(16)31-21(25)24-19(27)14-10-13(22)6-7-15(14)23/h5-10H,3-4,11H2,1-2H3. The van der Waals surface area contributed by atoms with Crippen LogP contribution in [0.15, 0.2) is 41.4 Å². The fourth-order valence-corrected chi connectivity index (χ4v) is 4.23. The van der Waals surface area contributed by atoms with Gasteiger partial charge in [-0.25, -0.2) is 4.79 Å². The highest BCUT2D eigenvalue weighted by molar-refractivity contribution is 7.16. The average molecular weight is 481 g/mol. The molecule has 0 radical (unpaired) electrons. The minimum Gasteiger partial charge on any atom is -0.465 e. The van der Waals surface area contributed by atoms with Crippen LogP contribution < -0.4 is 4.80 Å². The summed E-state index contributed by atoms with van der Waals surface area (Å²) in [7, 11) is 0. The van der Waals surface area contributed by atoms with Crippen molar-refractivity contribution < 1.29 is 23.9 Å². The molecule has 0 aliphatic heterocycles. The molecule has 0 aliphatic carbocycles. The van der Waals surface area contributed by atoms with Crippen LogP contribution in [0.3, 0.4) is 0 Å². The van der Waals surface area contributed by atoms with Crippen molar-refractivity contribution in [2.75, 3.05) is 13.2 Å². The van der Waals surface area contributed by atoms with Gasteiger partial charge < -0.3 is 14.0 Å². The number of hydrogen-bond acceptors (Lipinski definition) is 6. The third-order valence-electron chi connectivity index (χ3n) is 4.14. The first-order valence-corrected chi connectivity index (χ1v) is 10.9. The molecule has 0 fully saturated rings. The molecule has 1 heterocycles. The highest BCUT2D eigenvalue weighted by atomic mass is 35.5. The molecule has 0 unspecified atom stereocenters. The summed E-state index contributed by atoms with van der Waals surface area (Å²) in [5.41, 5.74) is 1.12. The molecule has 0 aliphatic rings. The van der Waals surface area contributed by atoms with Crippen LogP contribution in [0.4, 0.5) is 0 Å². The van der Waals surface area contributed by atoms with E-state index in [1.807, 2.05) is 0 Å². The number of carbonyl (C=O) groups excluding carboxylic acids is 3. The first-order valence-electron chi connectivity index (χ1n) is 9.34. The molecule has 3 aromatic rings. The Bertz CT molecular complexity index is 1230. The van der Waals surface area contributed by atoms with Crippen LogP contribution in [0.2, 0.25) is 10.0 Å². The van der Waals surface area contributed by atoms with Crippen molar-refractivity contribution in [2.45, 2.75) is 20.4 Å². The van der Waals surface area contributed by atoms with E-state index in [2.05, 4.69) is 4.99 Å². The van der Waals surface area contributed by atoms with Gasteiger partial charge in [-0.3, -0.25) is 9.59 Å². The summed E-state index contributed by atoms with van der Waals surface area (Å²) < 4.78 is 12.3. The molecule has 2 aromatic carbocycles. The number of halogens is 2. The lowest BCUT2D eigenvalue weighted by molar-refractivity contribution is -0.143. The minimum absolute atomic E-state index is 0.140. The number of benzene rings is 2. The zero-order valence-electron chi connectivity index (χ0n) is 16.7. The van der Waals surface area contributed by atoms with Crippen molar-refractivity contribution in [1.29, 1.82) is 0 Å². The maximum atomic E-state index is 12.8. The Morgan fingerprint density at radius 1 is 1.03 bits per heavy atom. The molecule has 0 spiro atoms. The number of esters is 2. The van der Waals surface area contributed by atoms with Crippen molar-refractivity contribution in [2.24, 2.45) is 4.99 Å². The summed E-state index contributed by atoms with van der Waals surface area (Å²) in [6.07, 6.45) is 0. The quantitative estimate of drug-likeness (QED) is 0.485. The van der Waals surface area contributed by atoms with Gasteiger partial charge >= 0.3 is 11.9 Å². The molecule has 10 heteroatoms. The number of hydrogen-bond donors (Lipinski definition) is 0. The van der Waals surface area contributed by atoms with E-state index >= 15 is 0 Å². The predicted octanol–water partition coefficient (Wildman–Crippen LogP) is 4.49. The second kappa shape index (κ2) is 10.1. The average Bonchev–Trinajstić information content (AvgIpc) is 3.06. The Morgan fingerprint density at radius 3 is 2.48 bits per heavy atom. The number of thiazole rings is 1. The fraction of sp³-hybridized carbons (Fsp3) is 0.238. The van der Waals surface area contributed by atoms with Gasteiger partial charge in [-0.05, 0) is 50.2 Å². The van der Waals surface area contributed by atoms with Gasteiger partial charge in [-0.15, -0.1) is 0 Å². The van der Waals surface area contributed by atoms with Gasteiger partial charge in [0, 0.05) is 5.02 Å². The van der Waals surface area contributed by atoms with Crippen molar-refractivity contribution >= 4 is 62.6 Å². The maximum Gasteiger partial charge on any atom is 0.338 e. The van der Waals surface area contributed by atoms with E-state index in [-0.39, 0.29) is 35.1 Å². The largest absolute Gasteiger partial charge is 0.465 e. The molecule has 31 heavy (non-hydrogen) atoms. The van der Waals surface area contributed by atoms with Gasteiger partial charge in [0.05, 0.1) is 39.6 Å². The molecule has 0 saturated heterocycles. The van der Waals surface area contributed by atoms with E-state index in [1.165, 1.54) is 12.1 Å². The van der Waals surface area contributed by atoms with Crippen LogP contribution in [0.1, 0.15) is 34.6 Å². The zero-order chi connectivity index (χ0) is 22.5. The Kier molecular flexibility index (Phi) is 7.48. The number of amides is 1. The van der Waals surface area contributed by atoms with E-state index in [4.69, 9.17) is 32.7 Å². The molecule has 3 rings (SSSR count). The molecule has 0 saturated carbocycles. The molecule has 0 N–H and O–H groups in total. The van der Waals surface area contributed by atoms with Gasteiger partial charge in [0.2, 0.25) is 0 Å². The van der Waals surface area contributed by atoms with Crippen LogP contribution in [-0.2, 0) is 20.8 Å². The number of rotatable bonds is 6. The molecule has 0 bridgehead atoms. The fourth-order valence-electron chi connectivity index (χ4n) is 2.80. The smallest absolute Gasteiger partial charge is 0.338 e. The number of carbonyl (C=O) groups is 3. The highest BCUT2D eigenvalue weighted by Gasteiger charge is 2.16. The van der Waals surface area contributed by atoms with Crippen molar-refractivity contribution in [3.8, 4) is 0 Å². The number of nitrogens with zero attached hydrogens (tertiary/aromatic N) is 2. The third-order valence-corrected chi connectivity index (χ3v) is 5.75. The topological polar surface area (TPSA) is 87.0 Å². The summed E-state index contributed by atoms with van der Waals surface area (Å²) in [5, 5.41) is 0.554. The highest BCUT2D eigenvalue weighted by Crippen LogP contribution is 2.23. The van der Waals surface area contributed by atoms with Crippen LogP contribution >= 0.6 is 34.5 Å². The lowest BCUT2D eigenvalue weighted by Crippen LogP contribution is -2.23. The number of aromatic nitrogens is 1. The molecule has 1 amide bonds. The summed E-state index contributed by atoms with van der Waals surface area (Å²) in [4.78, 5) is 41.4. The van der Waals surface area contributed by atoms with E-state index in [0.717, 1.165) is 11.3 Å². The summed E-state index contributed by atoms with van der Waals surface area (Å²) >= 11 is 13.2. The van der Waals surface area contributed by atoms with Crippen LogP contribution in [0, 0.1) is 0 Å². The van der Waals surface area contributed by atoms with Crippen molar-refractivity contribution in [1.82, 2.24) is 4.57 Å². The van der Waals surface area contributed by atoms with Gasteiger partial charge in [-0.1, -0.05) is 34.5 Å². The Hall–Kier alpha value is -2.68. The zero-order valence-corrected chi connectivity index (χ0v) is 19.0. The number of fused-ring (bicyclic) bond motifs is 1. The van der Waals surface area contributed by atoms with E-state index < -0.39 is 17.8 Å². The van der Waals surface area contributed by atoms with Crippen LogP contribution in [0.5, 0.6) is 0 Å². The Balaban J connectivity index is 2.14. The second-order valence-corrected chi connectivity index (χ2v) is 8.07. The first-order chi connectivity index (χ1) is 14.8. The SMILES string of the molecule is CCOC(=O)Cn1c(=NC(=O)c2cc(Cl)ccc2Cl)sc2cc(C(=O)OCC)ccc21.